The number of esters is 1. The molecule has 7 heteroatoms. The van der Waals surface area contributed by atoms with Gasteiger partial charge in [-0.3, -0.25) is 0 Å². The van der Waals surface area contributed by atoms with E-state index in [0.29, 0.717) is 16.5 Å². The molecule has 0 bridgehead atoms. The van der Waals surface area contributed by atoms with E-state index in [2.05, 4.69) is 4.98 Å². The molecular weight excluding hydrogens is 334 g/mol. The number of ether oxygens (including phenoxy) is 1. The standard InChI is InChI=1S/C17H12ClNO5/c1-9-13(20)5-4-11-10(7-14(21)24-15(9)11)8-23-17(22)12-3-2-6-19-16(12)18/h2-7,20H,8H2,1H3. The molecule has 0 aliphatic rings. The van der Waals surface area contributed by atoms with Crippen molar-refractivity contribution in [2.75, 3.05) is 0 Å². The van der Waals surface area contributed by atoms with Crippen molar-refractivity contribution in [2.45, 2.75) is 13.5 Å². The Morgan fingerprint density at radius 1 is 1.38 bits per heavy atom. The normalized spacial score (nSPS) is 10.8. The number of carbonyl (C=O) groups is 1. The van der Waals surface area contributed by atoms with Gasteiger partial charge >= 0.3 is 11.6 Å². The van der Waals surface area contributed by atoms with Crippen molar-refractivity contribution in [2.24, 2.45) is 0 Å². The van der Waals surface area contributed by atoms with E-state index in [-0.39, 0.29) is 28.7 Å². The SMILES string of the molecule is Cc1c(O)ccc2c(COC(=O)c3cccnc3Cl)cc(=O)oc12. The van der Waals surface area contributed by atoms with E-state index >= 15 is 0 Å². The van der Waals surface area contributed by atoms with Crippen molar-refractivity contribution >= 4 is 28.5 Å². The topological polar surface area (TPSA) is 89.6 Å². The van der Waals surface area contributed by atoms with Gasteiger partial charge in [-0.15, -0.1) is 0 Å². The first kappa shape index (κ1) is 16.0. The van der Waals surface area contributed by atoms with Crippen molar-refractivity contribution in [1.82, 2.24) is 4.98 Å². The molecule has 0 unspecified atom stereocenters. The summed E-state index contributed by atoms with van der Waals surface area (Å²) in [6.07, 6.45) is 1.46. The van der Waals surface area contributed by atoms with Gasteiger partial charge in [0.05, 0.1) is 5.56 Å². The molecule has 6 nitrogen and oxygen atoms in total. The Morgan fingerprint density at radius 3 is 2.92 bits per heavy atom. The van der Waals surface area contributed by atoms with Crippen LogP contribution >= 0.6 is 11.6 Å². The molecule has 0 saturated heterocycles. The molecule has 122 valence electrons. The van der Waals surface area contributed by atoms with Crippen LogP contribution in [0.25, 0.3) is 11.0 Å². The summed E-state index contributed by atoms with van der Waals surface area (Å²) in [7, 11) is 0. The van der Waals surface area contributed by atoms with Crippen LogP contribution in [0.3, 0.4) is 0 Å². The van der Waals surface area contributed by atoms with E-state index in [4.69, 9.17) is 20.8 Å². The number of aryl methyl sites for hydroxylation is 1. The van der Waals surface area contributed by atoms with Crippen LogP contribution in [0, 0.1) is 6.92 Å². The number of hydrogen-bond acceptors (Lipinski definition) is 6. The molecular formula is C17H12ClNO5. The molecule has 0 aliphatic carbocycles. The van der Waals surface area contributed by atoms with Crippen molar-refractivity contribution in [3.8, 4) is 5.75 Å². The number of nitrogens with zero attached hydrogens (tertiary/aromatic N) is 1. The molecule has 2 heterocycles. The van der Waals surface area contributed by atoms with Gasteiger partial charge in [0.15, 0.2) is 0 Å². The Labute approximate surface area is 141 Å². The molecule has 24 heavy (non-hydrogen) atoms. The molecule has 0 spiro atoms. The maximum Gasteiger partial charge on any atom is 0.341 e. The number of phenolic OH excluding ortho intramolecular Hbond substituents is 1. The zero-order valence-corrected chi connectivity index (χ0v) is 13.3. The highest BCUT2D eigenvalue weighted by atomic mass is 35.5. The van der Waals surface area contributed by atoms with E-state index < -0.39 is 11.6 Å². The minimum atomic E-state index is -0.648. The fraction of sp³-hybridized carbons (Fsp3) is 0.118. The zero-order chi connectivity index (χ0) is 17.3. The summed E-state index contributed by atoms with van der Waals surface area (Å²) < 4.78 is 10.4. The Bertz CT molecular complexity index is 996. The summed E-state index contributed by atoms with van der Waals surface area (Å²) in [6.45, 7) is 1.49. The second kappa shape index (κ2) is 6.33. The van der Waals surface area contributed by atoms with Crippen molar-refractivity contribution in [1.29, 1.82) is 0 Å². The number of phenols is 1. The number of carbonyl (C=O) groups excluding carboxylic acids is 1. The van der Waals surface area contributed by atoms with Crippen LogP contribution in [-0.2, 0) is 11.3 Å². The lowest BCUT2D eigenvalue weighted by Gasteiger charge is -2.09. The first-order valence-electron chi connectivity index (χ1n) is 7.00. The van der Waals surface area contributed by atoms with Gasteiger partial charge in [0.25, 0.3) is 0 Å². The lowest BCUT2D eigenvalue weighted by Crippen LogP contribution is -2.09. The summed E-state index contributed by atoms with van der Waals surface area (Å²) in [5, 5.41) is 10.3. The summed E-state index contributed by atoms with van der Waals surface area (Å²) >= 11 is 5.85. The summed E-state index contributed by atoms with van der Waals surface area (Å²) in [5.74, 6) is -0.632. The third-order valence-electron chi connectivity index (χ3n) is 3.56. The van der Waals surface area contributed by atoms with Gasteiger partial charge in [-0.25, -0.2) is 14.6 Å². The van der Waals surface area contributed by atoms with E-state index in [1.165, 1.54) is 24.4 Å². The molecule has 0 amide bonds. The van der Waals surface area contributed by atoms with Crippen LogP contribution in [0.15, 0.2) is 45.7 Å². The summed E-state index contributed by atoms with van der Waals surface area (Å²) in [6, 6.07) is 7.40. The third-order valence-corrected chi connectivity index (χ3v) is 3.86. The maximum atomic E-state index is 12.1. The molecule has 0 atom stereocenters. The average molecular weight is 346 g/mol. The number of aromatic nitrogens is 1. The fourth-order valence-corrected chi connectivity index (χ4v) is 2.49. The maximum absolute atomic E-state index is 12.1. The van der Waals surface area contributed by atoms with Gasteiger partial charge in [-0.1, -0.05) is 11.6 Å². The van der Waals surface area contributed by atoms with Gasteiger partial charge in [-0.05, 0) is 31.2 Å². The number of hydrogen-bond donors (Lipinski definition) is 1. The lowest BCUT2D eigenvalue weighted by molar-refractivity contribution is 0.0473. The van der Waals surface area contributed by atoms with Crippen LogP contribution in [0.4, 0.5) is 0 Å². The van der Waals surface area contributed by atoms with Gasteiger partial charge in [0.1, 0.15) is 23.1 Å². The van der Waals surface area contributed by atoms with Crippen LogP contribution in [-0.4, -0.2) is 16.1 Å². The van der Waals surface area contributed by atoms with Crippen molar-refractivity contribution < 1.29 is 19.1 Å². The second-order valence-corrected chi connectivity index (χ2v) is 5.45. The smallest absolute Gasteiger partial charge is 0.341 e. The first-order chi connectivity index (χ1) is 11.5. The minimum absolute atomic E-state index is 0.0157. The molecule has 0 fully saturated rings. The molecule has 1 aromatic carbocycles. The molecule has 0 radical (unpaired) electrons. The van der Waals surface area contributed by atoms with Gasteiger partial charge in [0, 0.05) is 28.8 Å². The number of benzene rings is 1. The quantitative estimate of drug-likeness (QED) is 0.445. The highest BCUT2D eigenvalue weighted by molar-refractivity contribution is 6.32. The fourth-order valence-electron chi connectivity index (χ4n) is 2.29. The van der Waals surface area contributed by atoms with Gasteiger partial charge in [-0.2, -0.15) is 0 Å². The van der Waals surface area contributed by atoms with Crippen molar-refractivity contribution in [3.05, 3.63) is 68.8 Å². The Kier molecular flexibility index (Phi) is 4.22. The zero-order valence-electron chi connectivity index (χ0n) is 12.6. The monoisotopic (exact) mass is 345 g/mol. The number of aromatic hydroxyl groups is 1. The van der Waals surface area contributed by atoms with E-state index in [9.17, 15) is 14.7 Å². The van der Waals surface area contributed by atoms with Crippen LogP contribution < -0.4 is 5.63 Å². The third kappa shape index (κ3) is 2.96. The number of pyridine rings is 1. The first-order valence-corrected chi connectivity index (χ1v) is 7.38. The summed E-state index contributed by atoms with van der Waals surface area (Å²) in [5.41, 5.74) is 0.709. The molecule has 0 aliphatic heterocycles. The van der Waals surface area contributed by atoms with Crippen molar-refractivity contribution in [3.63, 3.8) is 0 Å². The Hall–Kier alpha value is -2.86. The van der Waals surface area contributed by atoms with E-state index in [1.807, 2.05) is 0 Å². The van der Waals surface area contributed by atoms with Gasteiger partial charge in [0.2, 0.25) is 0 Å². The van der Waals surface area contributed by atoms with Crippen LogP contribution in [0.5, 0.6) is 5.75 Å². The highest BCUT2D eigenvalue weighted by Crippen LogP contribution is 2.27. The highest BCUT2D eigenvalue weighted by Gasteiger charge is 2.15. The predicted molar refractivity (Wildman–Crippen MR) is 87.3 cm³/mol. The van der Waals surface area contributed by atoms with Gasteiger partial charge < -0.3 is 14.3 Å². The molecule has 2 aromatic heterocycles. The Morgan fingerprint density at radius 2 is 2.17 bits per heavy atom. The molecule has 0 saturated carbocycles. The number of halogens is 1. The molecule has 3 rings (SSSR count). The molecule has 3 aromatic rings. The number of fused-ring (bicyclic) bond motifs is 1. The van der Waals surface area contributed by atoms with E-state index in [0.717, 1.165) is 0 Å². The minimum Gasteiger partial charge on any atom is -0.508 e. The summed E-state index contributed by atoms with van der Waals surface area (Å²) in [4.78, 5) is 27.6. The van der Waals surface area contributed by atoms with Crippen LogP contribution in [0.1, 0.15) is 21.5 Å². The lowest BCUT2D eigenvalue weighted by atomic mass is 10.1. The van der Waals surface area contributed by atoms with E-state index in [1.54, 1.807) is 19.1 Å². The largest absolute Gasteiger partial charge is 0.508 e. The average Bonchev–Trinajstić information content (AvgIpc) is 2.56. The predicted octanol–water partition coefficient (Wildman–Crippen LogP) is 3.21. The number of rotatable bonds is 3. The second-order valence-electron chi connectivity index (χ2n) is 5.09. The molecule has 1 N–H and O–H groups in total. The van der Waals surface area contributed by atoms with Crippen LogP contribution in [0.2, 0.25) is 5.15 Å². The Balaban J connectivity index is 1.94.